The topological polar surface area (TPSA) is 63.2 Å². The Morgan fingerprint density at radius 1 is 1.38 bits per heavy atom. The monoisotopic (exact) mass is 299 g/mol. The molecule has 0 aromatic rings. The number of amidine groups is 1. The molecule has 1 rings (SSSR count). The fraction of sp³-hybridized carbons (Fsp3) is 0.867. The van der Waals surface area contributed by atoms with Crippen LogP contribution in [-0.2, 0) is 9.47 Å². The van der Waals surface area contributed by atoms with E-state index in [1.54, 1.807) is 4.90 Å². The highest BCUT2D eigenvalue weighted by Gasteiger charge is 2.24. The van der Waals surface area contributed by atoms with Gasteiger partial charge in [-0.2, -0.15) is 0 Å². The Bertz CT molecular complexity index is 351. The van der Waals surface area contributed by atoms with Crippen molar-refractivity contribution in [3.63, 3.8) is 0 Å². The Kier molecular flexibility index (Phi) is 7.50. The zero-order chi connectivity index (χ0) is 15.7. The van der Waals surface area contributed by atoms with Gasteiger partial charge in [-0.05, 0) is 33.6 Å². The van der Waals surface area contributed by atoms with E-state index in [-0.39, 0.29) is 6.09 Å². The van der Waals surface area contributed by atoms with Crippen LogP contribution >= 0.6 is 0 Å². The van der Waals surface area contributed by atoms with Gasteiger partial charge in [0.1, 0.15) is 11.4 Å². The van der Waals surface area contributed by atoms with E-state index in [1.807, 2.05) is 20.8 Å². The van der Waals surface area contributed by atoms with E-state index >= 15 is 0 Å². The van der Waals surface area contributed by atoms with Gasteiger partial charge in [0, 0.05) is 26.3 Å². The summed E-state index contributed by atoms with van der Waals surface area (Å²) in [5.74, 6) is 0.850. The number of carbonyl (C=O) groups excluding carboxylic acids is 1. The van der Waals surface area contributed by atoms with Gasteiger partial charge in [0.05, 0.1) is 13.1 Å². The van der Waals surface area contributed by atoms with E-state index in [1.165, 1.54) is 0 Å². The molecule has 21 heavy (non-hydrogen) atoms. The lowest BCUT2D eigenvalue weighted by molar-refractivity contribution is 0.0276. The molecule has 0 saturated carbocycles. The summed E-state index contributed by atoms with van der Waals surface area (Å²) in [5, 5.41) is 3.27. The molecule has 122 valence electrons. The molecule has 0 atom stereocenters. The van der Waals surface area contributed by atoms with Crippen LogP contribution in [0, 0.1) is 0 Å². The summed E-state index contributed by atoms with van der Waals surface area (Å²) in [5.41, 5.74) is -0.462. The van der Waals surface area contributed by atoms with Crippen molar-refractivity contribution in [2.75, 3.05) is 39.4 Å². The van der Waals surface area contributed by atoms with E-state index in [2.05, 4.69) is 17.2 Å². The Balaban J connectivity index is 2.25. The van der Waals surface area contributed by atoms with Crippen molar-refractivity contribution in [2.45, 2.75) is 46.1 Å². The molecular weight excluding hydrogens is 270 g/mol. The Morgan fingerprint density at radius 2 is 2.14 bits per heavy atom. The number of hydrogen-bond donors (Lipinski definition) is 1. The van der Waals surface area contributed by atoms with Crippen LogP contribution in [0.15, 0.2) is 4.99 Å². The third-order valence-electron chi connectivity index (χ3n) is 2.81. The highest BCUT2D eigenvalue weighted by molar-refractivity contribution is 5.87. The summed E-state index contributed by atoms with van der Waals surface area (Å²) in [6.07, 6.45) is 1.71. The molecule has 6 nitrogen and oxygen atoms in total. The van der Waals surface area contributed by atoms with Gasteiger partial charge in [-0.1, -0.05) is 6.92 Å². The van der Waals surface area contributed by atoms with Gasteiger partial charge in [-0.15, -0.1) is 0 Å². The minimum absolute atomic E-state index is 0.275. The van der Waals surface area contributed by atoms with Crippen LogP contribution in [0.5, 0.6) is 0 Å². The van der Waals surface area contributed by atoms with Gasteiger partial charge >= 0.3 is 6.09 Å². The maximum Gasteiger partial charge on any atom is 0.410 e. The summed E-state index contributed by atoms with van der Waals surface area (Å²) in [6.45, 7) is 11.8. The van der Waals surface area contributed by atoms with E-state index in [0.717, 1.165) is 38.4 Å². The third kappa shape index (κ3) is 7.90. The number of nitrogens with zero attached hydrogens (tertiary/aromatic N) is 2. The molecule has 0 spiro atoms. The molecule has 0 unspecified atom stereocenters. The van der Waals surface area contributed by atoms with Crippen LogP contribution in [0.3, 0.4) is 0 Å². The smallest absolute Gasteiger partial charge is 0.410 e. The molecule has 0 aliphatic carbocycles. The lowest BCUT2D eigenvalue weighted by Gasteiger charge is -2.29. The quantitative estimate of drug-likeness (QED) is 0.762. The molecule has 6 heteroatoms. The summed E-state index contributed by atoms with van der Waals surface area (Å²) >= 11 is 0. The molecule has 0 saturated heterocycles. The number of rotatable bonds is 6. The number of nitrogens with one attached hydrogen (secondary N) is 1. The van der Waals surface area contributed by atoms with Crippen LogP contribution in [-0.4, -0.2) is 61.8 Å². The number of aliphatic imine (C=N–C) groups is 1. The molecule has 0 bridgehead atoms. The van der Waals surface area contributed by atoms with Crippen molar-refractivity contribution in [1.29, 1.82) is 0 Å². The van der Waals surface area contributed by atoms with Gasteiger partial charge < -0.3 is 14.8 Å². The lowest BCUT2D eigenvalue weighted by atomic mass is 10.2. The minimum Gasteiger partial charge on any atom is -0.444 e. The van der Waals surface area contributed by atoms with Crippen molar-refractivity contribution in [2.24, 2.45) is 4.99 Å². The van der Waals surface area contributed by atoms with Crippen LogP contribution in [0.4, 0.5) is 4.79 Å². The van der Waals surface area contributed by atoms with Crippen molar-refractivity contribution in [3.05, 3.63) is 0 Å². The van der Waals surface area contributed by atoms with Crippen LogP contribution in [0.2, 0.25) is 0 Å². The first-order valence-corrected chi connectivity index (χ1v) is 7.75. The van der Waals surface area contributed by atoms with Gasteiger partial charge in [0.2, 0.25) is 0 Å². The first kappa shape index (κ1) is 17.8. The SMILES string of the molecule is CCCOCCCNC1=NCCN(C(=O)OC(C)(C)C)C1. The van der Waals surface area contributed by atoms with Crippen molar-refractivity contribution in [3.8, 4) is 0 Å². The number of hydrogen-bond acceptors (Lipinski definition) is 5. The zero-order valence-electron chi connectivity index (χ0n) is 13.8. The lowest BCUT2D eigenvalue weighted by Crippen LogP contribution is -2.47. The second-order valence-corrected chi connectivity index (χ2v) is 6.12. The standard InChI is InChI=1S/C15H29N3O3/c1-5-10-20-11-6-7-16-13-12-18(9-8-17-13)14(19)21-15(2,3)4/h5-12H2,1-4H3,(H,16,17). The molecule has 1 heterocycles. The maximum absolute atomic E-state index is 12.0. The fourth-order valence-electron chi connectivity index (χ4n) is 1.86. The second-order valence-electron chi connectivity index (χ2n) is 6.12. The molecule has 1 aliphatic heterocycles. The molecule has 0 fully saturated rings. The second kappa shape index (κ2) is 8.87. The van der Waals surface area contributed by atoms with Crippen LogP contribution < -0.4 is 5.32 Å². The average molecular weight is 299 g/mol. The molecule has 1 amide bonds. The largest absolute Gasteiger partial charge is 0.444 e. The Labute approximate surface area is 127 Å². The highest BCUT2D eigenvalue weighted by Crippen LogP contribution is 2.10. The van der Waals surface area contributed by atoms with E-state index in [4.69, 9.17) is 9.47 Å². The molecular formula is C15H29N3O3. The Hall–Kier alpha value is -1.30. The number of carbonyl (C=O) groups is 1. The number of ether oxygens (including phenoxy) is 2. The molecule has 1 aliphatic rings. The third-order valence-corrected chi connectivity index (χ3v) is 2.81. The van der Waals surface area contributed by atoms with E-state index in [0.29, 0.717) is 19.6 Å². The average Bonchev–Trinajstić information content (AvgIpc) is 2.41. The van der Waals surface area contributed by atoms with Gasteiger partial charge in [-0.3, -0.25) is 9.89 Å². The predicted molar refractivity (Wildman–Crippen MR) is 83.8 cm³/mol. The fourth-order valence-corrected chi connectivity index (χ4v) is 1.86. The maximum atomic E-state index is 12.0. The molecule has 1 N–H and O–H groups in total. The molecule has 0 aromatic carbocycles. The summed E-state index contributed by atoms with van der Waals surface area (Å²) in [7, 11) is 0. The van der Waals surface area contributed by atoms with Crippen molar-refractivity contribution in [1.82, 2.24) is 10.2 Å². The van der Waals surface area contributed by atoms with E-state index < -0.39 is 5.60 Å². The first-order valence-electron chi connectivity index (χ1n) is 7.75. The first-order chi connectivity index (χ1) is 9.92. The van der Waals surface area contributed by atoms with E-state index in [9.17, 15) is 4.79 Å². The van der Waals surface area contributed by atoms with Gasteiger partial charge in [0.25, 0.3) is 0 Å². The summed E-state index contributed by atoms with van der Waals surface area (Å²) in [4.78, 5) is 18.1. The van der Waals surface area contributed by atoms with Gasteiger partial charge in [0.15, 0.2) is 0 Å². The summed E-state index contributed by atoms with van der Waals surface area (Å²) < 4.78 is 10.8. The predicted octanol–water partition coefficient (Wildman–Crippen LogP) is 2.04. The summed E-state index contributed by atoms with van der Waals surface area (Å²) in [6, 6.07) is 0. The highest BCUT2D eigenvalue weighted by atomic mass is 16.6. The van der Waals surface area contributed by atoms with Crippen LogP contribution in [0.1, 0.15) is 40.5 Å². The molecule has 0 radical (unpaired) electrons. The number of amides is 1. The molecule has 0 aromatic heterocycles. The normalized spacial score (nSPS) is 15.6. The van der Waals surface area contributed by atoms with Crippen molar-refractivity contribution >= 4 is 11.9 Å². The Morgan fingerprint density at radius 3 is 2.81 bits per heavy atom. The zero-order valence-corrected chi connectivity index (χ0v) is 13.8. The minimum atomic E-state index is -0.462. The van der Waals surface area contributed by atoms with Gasteiger partial charge in [-0.25, -0.2) is 4.79 Å². The van der Waals surface area contributed by atoms with Crippen molar-refractivity contribution < 1.29 is 14.3 Å². The van der Waals surface area contributed by atoms with Crippen LogP contribution in [0.25, 0.3) is 0 Å².